The van der Waals surface area contributed by atoms with Crippen LogP contribution in [-0.2, 0) is 4.79 Å². The Bertz CT molecular complexity index is 281. The molecule has 3 atom stereocenters. The van der Waals surface area contributed by atoms with Gasteiger partial charge in [0.2, 0.25) is 5.91 Å². The Balaban J connectivity index is 2.21. The SMILES string of the molecule is CCCC1CC1NC(C)C(=O)NC(=O)NCC. The van der Waals surface area contributed by atoms with E-state index < -0.39 is 6.03 Å². The van der Waals surface area contributed by atoms with Crippen molar-refractivity contribution in [1.82, 2.24) is 16.0 Å². The Hall–Kier alpha value is -1.10. The van der Waals surface area contributed by atoms with Crippen molar-refractivity contribution in [2.75, 3.05) is 6.54 Å². The molecule has 0 aromatic rings. The Labute approximate surface area is 103 Å². The summed E-state index contributed by atoms with van der Waals surface area (Å²) >= 11 is 0. The summed E-state index contributed by atoms with van der Waals surface area (Å²) in [6.45, 7) is 6.28. The maximum atomic E-state index is 11.6. The third-order valence-corrected chi connectivity index (χ3v) is 3.01. The van der Waals surface area contributed by atoms with Crippen LogP contribution in [0, 0.1) is 5.92 Å². The van der Waals surface area contributed by atoms with Gasteiger partial charge in [-0.1, -0.05) is 13.3 Å². The van der Waals surface area contributed by atoms with E-state index in [4.69, 9.17) is 0 Å². The minimum atomic E-state index is -0.424. The summed E-state index contributed by atoms with van der Waals surface area (Å²) in [7, 11) is 0. The summed E-state index contributed by atoms with van der Waals surface area (Å²) in [6, 6.07) is -0.290. The molecule has 3 unspecified atom stereocenters. The number of hydrogen-bond acceptors (Lipinski definition) is 3. The number of rotatable bonds is 6. The van der Waals surface area contributed by atoms with Crippen LogP contribution < -0.4 is 16.0 Å². The maximum Gasteiger partial charge on any atom is 0.321 e. The highest BCUT2D eigenvalue weighted by Gasteiger charge is 2.37. The van der Waals surface area contributed by atoms with Gasteiger partial charge in [-0.15, -0.1) is 0 Å². The van der Waals surface area contributed by atoms with E-state index in [1.165, 1.54) is 12.8 Å². The third-order valence-electron chi connectivity index (χ3n) is 3.01. The third kappa shape index (κ3) is 4.73. The summed E-state index contributed by atoms with van der Waals surface area (Å²) in [5.74, 6) is 0.442. The molecule has 98 valence electrons. The number of imide groups is 1. The van der Waals surface area contributed by atoms with E-state index in [0.717, 1.165) is 6.42 Å². The second-order valence-electron chi connectivity index (χ2n) is 4.63. The first-order valence-electron chi connectivity index (χ1n) is 6.43. The molecule has 0 aliphatic heterocycles. The molecular weight excluding hydrogens is 218 g/mol. The fraction of sp³-hybridized carbons (Fsp3) is 0.833. The largest absolute Gasteiger partial charge is 0.338 e. The van der Waals surface area contributed by atoms with E-state index in [1.54, 1.807) is 6.92 Å². The molecule has 1 fully saturated rings. The zero-order valence-corrected chi connectivity index (χ0v) is 10.9. The first-order valence-corrected chi connectivity index (χ1v) is 6.43. The van der Waals surface area contributed by atoms with Crippen LogP contribution in [0.25, 0.3) is 0 Å². The fourth-order valence-electron chi connectivity index (χ4n) is 1.96. The fourth-order valence-corrected chi connectivity index (χ4v) is 1.96. The molecule has 3 N–H and O–H groups in total. The molecule has 3 amide bonds. The van der Waals surface area contributed by atoms with Crippen LogP contribution in [0.4, 0.5) is 4.79 Å². The highest BCUT2D eigenvalue weighted by Crippen LogP contribution is 2.34. The lowest BCUT2D eigenvalue weighted by Gasteiger charge is -2.13. The zero-order valence-electron chi connectivity index (χ0n) is 10.9. The predicted molar refractivity (Wildman–Crippen MR) is 66.6 cm³/mol. The van der Waals surface area contributed by atoms with E-state index in [-0.39, 0.29) is 11.9 Å². The molecule has 0 aromatic carbocycles. The van der Waals surface area contributed by atoms with Gasteiger partial charge in [-0.2, -0.15) is 0 Å². The van der Waals surface area contributed by atoms with Crippen molar-refractivity contribution in [3.63, 3.8) is 0 Å². The van der Waals surface area contributed by atoms with E-state index in [2.05, 4.69) is 22.9 Å². The van der Waals surface area contributed by atoms with Crippen molar-refractivity contribution in [3.05, 3.63) is 0 Å². The van der Waals surface area contributed by atoms with Gasteiger partial charge in [-0.25, -0.2) is 4.79 Å². The second kappa shape index (κ2) is 6.59. The summed E-state index contributed by atoms with van der Waals surface area (Å²) < 4.78 is 0. The lowest BCUT2D eigenvalue weighted by Crippen LogP contribution is -2.48. The predicted octanol–water partition coefficient (Wildman–Crippen LogP) is 0.999. The Kier molecular flexibility index (Phi) is 5.41. The monoisotopic (exact) mass is 241 g/mol. The number of carbonyl (C=O) groups is 2. The van der Waals surface area contributed by atoms with Crippen LogP contribution in [0.3, 0.4) is 0 Å². The average molecular weight is 241 g/mol. The van der Waals surface area contributed by atoms with Gasteiger partial charge in [-0.05, 0) is 32.6 Å². The molecule has 0 radical (unpaired) electrons. The maximum absolute atomic E-state index is 11.6. The Morgan fingerprint density at radius 2 is 2.06 bits per heavy atom. The molecule has 1 rings (SSSR count). The molecule has 17 heavy (non-hydrogen) atoms. The second-order valence-corrected chi connectivity index (χ2v) is 4.63. The van der Waals surface area contributed by atoms with Gasteiger partial charge in [0.1, 0.15) is 0 Å². The lowest BCUT2D eigenvalue weighted by atomic mass is 10.2. The highest BCUT2D eigenvalue weighted by molar-refractivity contribution is 5.96. The Morgan fingerprint density at radius 1 is 1.35 bits per heavy atom. The summed E-state index contributed by atoms with van der Waals surface area (Å²) in [6.07, 6.45) is 3.54. The van der Waals surface area contributed by atoms with Gasteiger partial charge in [-0.3, -0.25) is 10.1 Å². The van der Waals surface area contributed by atoms with Crippen molar-refractivity contribution in [3.8, 4) is 0 Å². The van der Waals surface area contributed by atoms with Crippen LogP contribution in [0.5, 0.6) is 0 Å². The van der Waals surface area contributed by atoms with E-state index >= 15 is 0 Å². The number of carbonyl (C=O) groups excluding carboxylic acids is 2. The topological polar surface area (TPSA) is 70.2 Å². The van der Waals surface area contributed by atoms with Crippen LogP contribution >= 0.6 is 0 Å². The van der Waals surface area contributed by atoms with Crippen LogP contribution in [0.15, 0.2) is 0 Å². The molecule has 5 heteroatoms. The molecule has 1 saturated carbocycles. The van der Waals surface area contributed by atoms with Gasteiger partial charge < -0.3 is 10.6 Å². The quantitative estimate of drug-likeness (QED) is 0.649. The van der Waals surface area contributed by atoms with Gasteiger partial charge in [0.05, 0.1) is 6.04 Å². The molecular formula is C12H23N3O2. The number of urea groups is 1. The summed E-state index contributed by atoms with van der Waals surface area (Å²) in [4.78, 5) is 22.8. The summed E-state index contributed by atoms with van der Waals surface area (Å²) in [5, 5.41) is 8.08. The van der Waals surface area contributed by atoms with Gasteiger partial charge in [0, 0.05) is 12.6 Å². The minimum absolute atomic E-state index is 0.266. The molecule has 0 heterocycles. The van der Waals surface area contributed by atoms with Crippen molar-refractivity contribution in [2.24, 2.45) is 5.92 Å². The van der Waals surface area contributed by atoms with Crippen molar-refractivity contribution < 1.29 is 9.59 Å². The van der Waals surface area contributed by atoms with Crippen LogP contribution in [0.2, 0.25) is 0 Å². The van der Waals surface area contributed by atoms with Crippen molar-refractivity contribution >= 4 is 11.9 Å². The molecule has 5 nitrogen and oxygen atoms in total. The molecule has 1 aliphatic rings. The number of amides is 3. The number of hydrogen-bond donors (Lipinski definition) is 3. The van der Waals surface area contributed by atoms with E-state index in [1.807, 2.05) is 6.92 Å². The standard InChI is InChI=1S/C12H23N3O2/c1-4-6-9-7-10(9)14-8(3)11(16)15-12(17)13-5-2/h8-10,14H,4-7H2,1-3H3,(H2,13,15,16,17). The smallest absolute Gasteiger partial charge is 0.321 e. The molecule has 1 aliphatic carbocycles. The summed E-state index contributed by atoms with van der Waals surface area (Å²) in [5.41, 5.74) is 0. The highest BCUT2D eigenvalue weighted by atomic mass is 16.2. The van der Waals surface area contributed by atoms with Crippen LogP contribution in [-0.4, -0.2) is 30.6 Å². The molecule has 0 bridgehead atoms. The number of nitrogens with one attached hydrogen (secondary N) is 3. The average Bonchev–Trinajstić information content (AvgIpc) is 2.97. The van der Waals surface area contributed by atoms with E-state index in [9.17, 15) is 9.59 Å². The minimum Gasteiger partial charge on any atom is -0.338 e. The van der Waals surface area contributed by atoms with Crippen molar-refractivity contribution in [1.29, 1.82) is 0 Å². The molecule has 0 spiro atoms. The van der Waals surface area contributed by atoms with Crippen molar-refractivity contribution in [2.45, 2.75) is 52.1 Å². The molecule has 0 aromatic heterocycles. The first kappa shape index (κ1) is 14.0. The van der Waals surface area contributed by atoms with Gasteiger partial charge in [0.25, 0.3) is 0 Å². The van der Waals surface area contributed by atoms with Gasteiger partial charge >= 0.3 is 6.03 Å². The van der Waals surface area contributed by atoms with E-state index in [0.29, 0.717) is 18.5 Å². The Morgan fingerprint density at radius 3 is 2.65 bits per heavy atom. The zero-order chi connectivity index (χ0) is 12.8. The molecule has 0 saturated heterocycles. The normalized spacial score (nSPS) is 23.9. The lowest BCUT2D eigenvalue weighted by molar-refractivity contribution is -0.121. The van der Waals surface area contributed by atoms with Crippen LogP contribution in [0.1, 0.15) is 40.0 Å². The van der Waals surface area contributed by atoms with Gasteiger partial charge in [0.15, 0.2) is 0 Å². The first-order chi connectivity index (χ1) is 8.08.